The van der Waals surface area contributed by atoms with Crippen LogP contribution in [0.3, 0.4) is 0 Å². The molecule has 2 heterocycles. The molecule has 0 aliphatic rings. The van der Waals surface area contributed by atoms with Crippen molar-refractivity contribution in [1.29, 1.82) is 0 Å². The highest BCUT2D eigenvalue weighted by atomic mass is 14.7. The van der Waals surface area contributed by atoms with Crippen LogP contribution in [0.15, 0.2) is 72.9 Å². The Morgan fingerprint density at radius 1 is 0.880 bits per heavy atom. The summed E-state index contributed by atoms with van der Waals surface area (Å²) >= 11 is 0. The highest BCUT2D eigenvalue weighted by molar-refractivity contribution is 5.85. The molecule has 4 aromatic rings. The van der Waals surface area contributed by atoms with E-state index in [0.29, 0.717) is 0 Å². The van der Waals surface area contributed by atoms with E-state index in [0.717, 1.165) is 12.1 Å². The molecule has 0 amide bonds. The van der Waals surface area contributed by atoms with Crippen LogP contribution in [0.25, 0.3) is 10.9 Å². The van der Waals surface area contributed by atoms with Gasteiger partial charge in [0.2, 0.25) is 0 Å². The molecule has 0 aliphatic carbocycles. The molecule has 2 aromatic carbocycles. The van der Waals surface area contributed by atoms with E-state index in [1.54, 1.807) is 0 Å². The van der Waals surface area contributed by atoms with Crippen molar-refractivity contribution in [1.82, 2.24) is 9.97 Å². The number of nitrogens with zero attached hydrogens (tertiary/aromatic N) is 1. The number of H-pyrrole nitrogens is 1. The van der Waals surface area contributed by atoms with Gasteiger partial charge in [0.05, 0.1) is 0 Å². The standard InChI is InChI=1S/C23H22N2/c1-16-10-12-18(13-11-16)21(15-19-7-5-6-14-24-19)23-17(2)25-22-9-4-3-8-20(22)23/h3-14,21,25H,15H2,1-2H3. The van der Waals surface area contributed by atoms with E-state index in [2.05, 4.69) is 84.5 Å². The molecule has 0 bridgehead atoms. The molecule has 2 nitrogen and oxygen atoms in total. The number of para-hydroxylation sites is 1. The Hall–Kier alpha value is -2.87. The number of nitrogens with one attached hydrogen (secondary N) is 1. The molecule has 124 valence electrons. The summed E-state index contributed by atoms with van der Waals surface area (Å²) in [5, 5.41) is 1.31. The Bertz CT molecular complexity index is 982. The molecule has 2 heteroatoms. The van der Waals surface area contributed by atoms with Gasteiger partial charge in [0, 0.05) is 40.8 Å². The van der Waals surface area contributed by atoms with Crippen molar-refractivity contribution in [2.75, 3.05) is 0 Å². The van der Waals surface area contributed by atoms with Gasteiger partial charge in [-0.1, -0.05) is 54.1 Å². The van der Waals surface area contributed by atoms with Crippen molar-refractivity contribution in [3.05, 3.63) is 101 Å². The lowest BCUT2D eigenvalue weighted by Gasteiger charge is -2.19. The lowest BCUT2D eigenvalue weighted by molar-refractivity contribution is 0.782. The van der Waals surface area contributed by atoms with Crippen LogP contribution in [0.1, 0.15) is 34.0 Å². The average Bonchev–Trinajstić information content (AvgIpc) is 2.97. The highest BCUT2D eigenvalue weighted by Gasteiger charge is 2.21. The fourth-order valence-corrected chi connectivity index (χ4v) is 3.66. The predicted molar refractivity (Wildman–Crippen MR) is 104 cm³/mol. The number of fused-ring (bicyclic) bond motifs is 1. The Kier molecular flexibility index (Phi) is 4.10. The minimum Gasteiger partial charge on any atom is -0.358 e. The van der Waals surface area contributed by atoms with Crippen molar-refractivity contribution in [3.63, 3.8) is 0 Å². The number of aromatic nitrogens is 2. The molecule has 25 heavy (non-hydrogen) atoms. The van der Waals surface area contributed by atoms with E-state index in [9.17, 15) is 0 Å². The molecule has 0 spiro atoms. The largest absolute Gasteiger partial charge is 0.358 e. The number of pyridine rings is 1. The lowest BCUT2D eigenvalue weighted by Crippen LogP contribution is -2.07. The number of aromatic amines is 1. The van der Waals surface area contributed by atoms with Gasteiger partial charge in [0.1, 0.15) is 0 Å². The maximum atomic E-state index is 4.57. The monoisotopic (exact) mass is 326 g/mol. The van der Waals surface area contributed by atoms with Crippen LogP contribution in [-0.2, 0) is 6.42 Å². The zero-order chi connectivity index (χ0) is 17.2. The summed E-state index contributed by atoms with van der Waals surface area (Å²) in [4.78, 5) is 8.13. The lowest BCUT2D eigenvalue weighted by atomic mass is 9.85. The quantitative estimate of drug-likeness (QED) is 0.523. The molecule has 1 atom stereocenters. The first-order chi connectivity index (χ1) is 12.2. The van der Waals surface area contributed by atoms with E-state index in [-0.39, 0.29) is 5.92 Å². The van der Waals surface area contributed by atoms with Gasteiger partial charge in [0.25, 0.3) is 0 Å². The molecule has 1 N–H and O–H groups in total. The minimum absolute atomic E-state index is 0.284. The molecule has 1 unspecified atom stereocenters. The van der Waals surface area contributed by atoms with Crippen LogP contribution in [-0.4, -0.2) is 9.97 Å². The second-order valence-corrected chi connectivity index (χ2v) is 6.70. The fraction of sp³-hybridized carbons (Fsp3) is 0.174. The average molecular weight is 326 g/mol. The number of rotatable bonds is 4. The summed E-state index contributed by atoms with van der Waals surface area (Å²) < 4.78 is 0. The third kappa shape index (κ3) is 3.08. The number of aryl methyl sites for hydroxylation is 2. The van der Waals surface area contributed by atoms with Crippen molar-refractivity contribution < 1.29 is 0 Å². The van der Waals surface area contributed by atoms with Crippen LogP contribution < -0.4 is 0 Å². The minimum atomic E-state index is 0.284. The van der Waals surface area contributed by atoms with Gasteiger partial charge in [-0.2, -0.15) is 0 Å². The Morgan fingerprint density at radius 3 is 2.40 bits per heavy atom. The Morgan fingerprint density at radius 2 is 1.64 bits per heavy atom. The predicted octanol–water partition coefficient (Wildman–Crippen LogP) is 5.55. The van der Waals surface area contributed by atoms with Gasteiger partial charge in [-0.25, -0.2) is 0 Å². The first-order valence-corrected chi connectivity index (χ1v) is 8.76. The third-order valence-electron chi connectivity index (χ3n) is 4.91. The highest BCUT2D eigenvalue weighted by Crippen LogP contribution is 2.35. The summed E-state index contributed by atoms with van der Waals surface area (Å²) in [6, 6.07) is 23.6. The summed E-state index contributed by atoms with van der Waals surface area (Å²) in [5.41, 5.74) is 7.57. The van der Waals surface area contributed by atoms with E-state index in [1.165, 1.54) is 33.3 Å². The Balaban J connectivity index is 1.87. The van der Waals surface area contributed by atoms with Crippen LogP contribution in [0, 0.1) is 13.8 Å². The summed E-state index contributed by atoms with van der Waals surface area (Å²) in [6.45, 7) is 4.31. The maximum Gasteiger partial charge on any atom is 0.0459 e. The fourth-order valence-electron chi connectivity index (χ4n) is 3.66. The SMILES string of the molecule is Cc1ccc(C(Cc2ccccn2)c2c(C)[nH]c3ccccc23)cc1. The smallest absolute Gasteiger partial charge is 0.0459 e. The zero-order valence-corrected chi connectivity index (χ0v) is 14.7. The van der Waals surface area contributed by atoms with Crippen molar-refractivity contribution in [3.8, 4) is 0 Å². The van der Waals surface area contributed by atoms with E-state index in [1.807, 2.05) is 12.3 Å². The second-order valence-electron chi connectivity index (χ2n) is 6.70. The van der Waals surface area contributed by atoms with Gasteiger partial charge in [-0.3, -0.25) is 4.98 Å². The summed E-state index contributed by atoms with van der Waals surface area (Å²) in [5.74, 6) is 0.284. The third-order valence-corrected chi connectivity index (χ3v) is 4.91. The van der Waals surface area contributed by atoms with Gasteiger partial charge >= 0.3 is 0 Å². The first-order valence-electron chi connectivity index (χ1n) is 8.76. The van der Waals surface area contributed by atoms with Crippen LogP contribution in [0.5, 0.6) is 0 Å². The van der Waals surface area contributed by atoms with Crippen LogP contribution in [0.2, 0.25) is 0 Å². The molecule has 0 saturated heterocycles. The molecular weight excluding hydrogens is 304 g/mol. The number of hydrogen-bond acceptors (Lipinski definition) is 1. The molecule has 2 aromatic heterocycles. The van der Waals surface area contributed by atoms with Gasteiger partial charge in [-0.05, 0) is 43.2 Å². The summed E-state index contributed by atoms with van der Waals surface area (Å²) in [7, 11) is 0. The first kappa shape index (κ1) is 15.6. The van der Waals surface area contributed by atoms with Gasteiger partial charge < -0.3 is 4.98 Å². The zero-order valence-electron chi connectivity index (χ0n) is 14.7. The number of hydrogen-bond donors (Lipinski definition) is 1. The van der Waals surface area contributed by atoms with Crippen molar-refractivity contribution in [2.45, 2.75) is 26.2 Å². The van der Waals surface area contributed by atoms with Crippen molar-refractivity contribution in [2.24, 2.45) is 0 Å². The molecule has 0 radical (unpaired) electrons. The summed E-state index contributed by atoms with van der Waals surface area (Å²) in [6.07, 6.45) is 2.77. The van der Waals surface area contributed by atoms with E-state index < -0.39 is 0 Å². The van der Waals surface area contributed by atoms with E-state index >= 15 is 0 Å². The van der Waals surface area contributed by atoms with Crippen molar-refractivity contribution >= 4 is 10.9 Å². The molecule has 0 aliphatic heterocycles. The second kappa shape index (κ2) is 6.56. The van der Waals surface area contributed by atoms with E-state index in [4.69, 9.17) is 0 Å². The normalized spacial score (nSPS) is 12.4. The van der Waals surface area contributed by atoms with Gasteiger partial charge in [0.15, 0.2) is 0 Å². The molecule has 0 saturated carbocycles. The molecular formula is C23H22N2. The van der Waals surface area contributed by atoms with Gasteiger partial charge in [-0.15, -0.1) is 0 Å². The molecule has 4 rings (SSSR count). The van der Waals surface area contributed by atoms with Crippen LogP contribution in [0.4, 0.5) is 0 Å². The maximum absolute atomic E-state index is 4.57. The molecule has 0 fully saturated rings. The topological polar surface area (TPSA) is 28.7 Å². The number of benzene rings is 2. The Labute approximate surface area is 148 Å². The van der Waals surface area contributed by atoms with Crippen LogP contribution >= 0.6 is 0 Å².